The zero-order chi connectivity index (χ0) is 18.1. The van der Waals surface area contributed by atoms with Crippen LogP contribution in [0.2, 0.25) is 0 Å². The Bertz CT molecular complexity index is 948. The van der Waals surface area contributed by atoms with Crippen molar-refractivity contribution < 1.29 is 13.6 Å². The standard InChI is InChI=1S/C19H19FN4O2/c1-13-6-7-16-18(21-13)22-19(26-16)24-10-8-23(9-11-24)17(25)12-14-4-2-3-5-15(14)20/h2-7H,8-12H2,1H3. The number of anilines is 1. The first-order valence-electron chi connectivity index (χ1n) is 8.60. The van der Waals surface area contributed by atoms with Crippen molar-refractivity contribution in [3.8, 4) is 0 Å². The fourth-order valence-electron chi connectivity index (χ4n) is 3.10. The molecule has 2 aromatic heterocycles. The summed E-state index contributed by atoms with van der Waals surface area (Å²) in [6.07, 6.45) is 0.0821. The molecule has 0 N–H and O–H groups in total. The lowest BCUT2D eigenvalue weighted by Crippen LogP contribution is -2.49. The monoisotopic (exact) mass is 354 g/mol. The summed E-state index contributed by atoms with van der Waals surface area (Å²) >= 11 is 0. The minimum absolute atomic E-state index is 0.0652. The predicted molar refractivity (Wildman–Crippen MR) is 95.4 cm³/mol. The molecular formula is C19H19FN4O2. The molecule has 1 aliphatic rings. The second kappa shape index (κ2) is 6.74. The molecule has 0 spiro atoms. The molecule has 1 aliphatic heterocycles. The van der Waals surface area contributed by atoms with Gasteiger partial charge in [0.1, 0.15) is 5.82 Å². The van der Waals surface area contributed by atoms with Crippen LogP contribution >= 0.6 is 0 Å². The molecule has 7 heteroatoms. The van der Waals surface area contributed by atoms with Crippen LogP contribution < -0.4 is 4.90 Å². The summed E-state index contributed by atoms with van der Waals surface area (Å²) < 4.78 is 19.5. The Morgan fingerprint density at radius 1 is 1.12 bits per heavy atom. The van der Waals surface area contributed by atoms with E-state index >= 15 is 0 Å². The lowest BCUT2D eigenvalue weighted by atomic mass is 10.1. The van der Waals surface area contributed by atoms with Crippen molar-refractivity contribution in [3.05, 3.63) is 53.5 Å². The number of hydrogen-bond donors (Lipinski definition) is 0. The Hall–Kier alpha value is -2.96. The Labute approximate surface area is 150 Å². The minimum atomic E-state index is -0.339. The van der Waals surface area contributed by atoms with Crippen molar-refractivity contribution in [1.82, 2.24) is 14.9 Å². The zero-order valence-corrected chi connectivity index (χ0v) is 14.5. The molecule has 0 saturated carbocycles. The number of piperazine rings is 1. The molecule has 3 aromatic rings. The Morgan fingerprint density at radius 3 is 2.65 bits per heavy atom. The molecule has 6 nitrogen and oxygen atoms in total. The maximum Gasteiger partial charge on any atom is 0.300 e. The van der Waals surface area contributed by atoms with Gasteiger partial charge in [-0.2, -0.15) is 4.98 Å². The molecule has 1 amide bonds. The van der Waals surface area contributed by atoms with Crippen LogP contribution in [-0.2, 0) is 11.2 Å². The molecule has 0 radical (unpaired) electrons. The summed E-state index contributed by atoms with van der Waals surface area (Å²) in [5, 5.41) is 0. The zero-order valence-electron chi connectivity index (χ0n) is 14.5. The molecule has 0 atom stereocenters. The van der Waals surface area contributed by atoms with E-state index in [1.54, 1.807) is 23.1 Å². The van der Waals surface area contributed by atoms with Crippen molar-refractivity contribution in [1.29, 1.82) is 0 Å². The third kappa shape index (κ3) is 3.24. The maximum atomic E-state index is 13.7. The summed E-state index contributed by atoms with van der Waals surface area (Å²) in [5.74, 6) is -0.404. The molecule has 26 heavy (non-hydrogen) atoms. The maximum absolute atomic E-state index is 13.7. The number of halogens is 1. The third-order valence-corrected chi connectivity index (χ3v) is 4.58. The van der Waals surface area contributed by atoms with E-state index < -0.39 is 0 Å². The van der Waals surface area contributed by atoms with Gasteiger partial charge in [-0.05, 0) is 30.7 Å². The SMILES string of the molecule is Cc1ccc2oc(N3CCN(C(=O)Cc4ccccc4F)CC3)nc2n1. The normalized spacial score (nSPS) is 14.8. The van der Waals surface area contributed by atoms with Crippen LogP contribution in [0.3, 0.4) is 0 Å². The van der Waals surface area contributed by atoms with E-state index in [2.05, 4.69) is 9.97 Å². The minimum Gasteiger partial charge on any atom is -0.422 e. The van der Waals surface area contributed by atoms with Gasteiger partial charge >= 0.3 is 0 Å². The van der Waals surface area contributed by atoms with Gasteiger partial charge < -0.3 is 14.2 Å². The van der Waals surface area contributed by atoms with Crippen LogP contribution in [0.15, 0.2) is 40.8 Å². The van der Waals surface area contributed by atoms with Crippen LogP contribution in [-0.4, -0.2) is 47.0 Å². The van der Waals surface area contributed by atoms with Crippen LogP contribution in [0.25, 0.3) is 11.2 Å². The lowest BCUT2D eigenvalue weighted by molar-refractivity contribution is -0.130. The van der Waals surface area contributed by atoms with Gasteiger partial charge in [-0.1, -0.05) is 18.2 Å². The summed E-state index contributed by atoms with van der Waals surface area (Å²) in [4.78, 5) is 25.0. The number of oxazole rings is 1. The van der Waals surface area contributed by atoms with Gasteiger partial charge in [0.25, 0.3) is 6.01 Å². The highest BCUT2D eigenvalue weighted by atomic mass is 19.1. The summed E-state index contributed by atoms with van der Waals surface area (Å²) in [6.45, 7) is 4.26. The average molecular weight is 354 g/mol. The first-order chi connectivity index (χ1) is 12.6. The number of carbonyl (C=O) groups excluding carboxylic acids is 1. The number of pyridine rings is 1. The van der Waals surface area contributed by atoms with Gasteiger partial charge in [-0.25, -0.2) is 9.37 Å². The molecular weight excluding hydrogens is 335 g/mol. The first-order valence-corrected chi connectivity index (χ1v) is 8.60. The van der Waals surface area contributed by atoms with Gasteiger partial charge in [0, 0.05) is 31.9 Å². The number of fused-ring (bicyclic) bond motifs is 1. The number of hydrogen-bond acceptors (Lipinski definition) is 5. The highest BCUT2D eigenvalue weighted by molar-refractivity contribution is 5.79. The van der Waals surface area contributed by atoms with E-state index in [4.69, 9.17) is 4.42 Å². The summed E-state index contributed by atoms with van der Waals surface area (Å²) in [7, 11) is 0. The fourth-order valence-corrected chi connectivity index (χ4v) is 3.10. The van der Waals surface area contributed by atoms with E-state index in [0.29, 0.717) is 49.0 Å². The smallest absolute Gasteiger partial charge is 0.300 e. The number of nitrogens with zero attached hydrogens (tertiary/aromatic N) is 4. The Kier molecular flexibility index (Phi) is 4.28. The lowest BCUT2D eigenvalue weighted by Gasteiger charge is -2.33. The van der Waals surface area contributed by atoms with Crippen molar-refractivity contribution in [2.75, 3.05) is 31.1 Å². The van der Waals surface area contributed by atoms with Crippen LogP contribution in [0.5, 0.6) is 0 Å². The second-order valence-electron chi connectivity index (χ2n) is 6.41. The van der Waals surface area contributed by atoms with Crippen LogP contribution in [0, 0.1) is 12.7 Å². The van der Waals surface area contributed by atoms with Crippen LogP contribution in [0.1, 0.15) is 11.3 Å². The topological polar surface area (TPSA) is 62.5 Å². The average Bonchev–Trinajstić information content (AvgIpc) is 3.07. The Morgan fingerprint density at radius 2 is 1.88 bits per heavy atom. The van der Waals surface area contributed by atoms with Gasteiger partial charge in [0.05, 0.1) is 6.42 Å². The van der Waals surface area contributed by atoms with E-state index in [1.807, 2.05) is 24.0 Å². The van der Waals surface area contributed by atoms with E-state index in [-0.39, 0.29) is 18.1 Å². The molecule has 1 aromatic carbocycles. The van der Waals surface area contributed by atoms with E-state index in [9.17, 15) is 9.18 Å². The molecule has 1 saturated heterocycles. The molecule has 134 valence electrons. The summed E-state index contributed by atoms with van der Waals surface area (Å²) in [6, 6.07) is 10.7. The van der Waals surface area contributed by atoms with Gasteiger partial charge in [0.2, 0.25) is 11.6 Å². The van der Waals surface area contributed by atoms with Crippen molar-refractivity contribution in [2.24, 2.45) is 0 Å². The molecule has 4 rings (SSSR count). The Balaban J connectivity index is 1.40. The molecule has 1 fully saturated rings. The van der Waals surface area contributed by atoms with Crippen molar-refractivity contribution in [3.63, 3.8) is 0 Å². The van der Waals surface area contributed by atoms with E-state index in [0.717, 1.165) is 5.69 Å². The number of benzene rings is 1. The highest BCUT2D eigenvalue weighted by Crippen LogP contribution is 2.22. The second-order valence-corrected chi connectivity index (χ2v) is 6.41. The quantitative estimate of drug-likeness (QED) is 0.723. The number of carbonyl (C=O) groups is 1. The van der Waals surface area contributed by atoms with Crippen molar-refractivity contribution in [2.45, 2.75) is 13.3 Å². The largest absolute Gasteiger partial charge is 0.422 e. The number of aromatic nitrogens is 2. The first kappa shape index (κ1) is 16.5. The predicted octanol–water partition coefficient (Wildman–Crippen LogP) is 2.56. The van der Waals surface area contributed by atoms with Crippen LogP contribution in [0.4, 0.5) is 10.4 Å². The molecule has 0 unspecified atom stereocenters. The van der Waals surface area contributed by atoms with Gasteiger partial charge in [-0.3, -0.25) is 4.79 Å². The third-order valence-electron chi connectivity index (χ3n) is 4.58. The summed E-state index contributed by atoms with van der Waals surface area (Å²) in [5.41, 5.74) is 2.57. The van der Waals surface area contributed by atoms with Gasteiger partial charge in [-0.15, -0.1) is 0 Å². The number of amides is 1. The fraction of sp³-hybridized carbons (Fsp3) is 0.316. The molecule has 0 aliphatic carbocycles. The number of rotatable bonds is 3. The van der Waals surface area contributed by atoms with Gasteiger partial charge in [0.15, 0.2) is 5.58 Å². The molecule has 0 bridgehead atoms. The van der Waals surface area contributed by atoms with E-state index in [1.165, 1.54) is 6.07 Å². The van der Waals surface area contributed by atoms with Crippen molar-refractivity contribution >= 4 is 23.2 Å². The number of aryl methyl sites for hydroxylation is 1. The molecule has 3 heterocycles. The highest BCUT2D eigenvalue weighted by Gasteiger charge is 2.24.